The minimum atomic E-state index is -0.477. The van der Waals surface area contributed by atoms with Gasteiger partial charge in [0.05, 0.1) is 9.46 Å². The fraction of sp³-hybridized carbons (Fsp3) is 0.0556. The van der Waals surface area contributed by atoms with Gasteiger partial charge in [0.1, 0.15) is 0 Å². The van der Waals surface area contributed by atoms with E-state index in [9.17, 15) is 14.9 Å². The first-order valence-electron chi connectivity index (χ1n) is 7.74. The van der Waals surface area contributed by atoms with E-state index in [1.54, 1.807) is 18.2 Å². The Hall–Kier alpha value is -3.39. The Morgan fingerprint density at radius 3 is 2.65 bits per heavy atom. The molecule has 0 saturated heterocycles. The minimum Gasteiger partial charge on any atom is -0.266 e. The van der Waals surface area contributed by atoms with Gasteiger partial charge >= 0.3 is 0 Å². The average molecular weight is 364 g/mol. The highest BCUT2D eigenvalue weighted by atomic mass is 32.1. The summed E-state index contributed by atoms with van der Waals surface area (Å²) in [7, 11) is 0. The molecule has 0 aliphatic heterocycles. The Kier molecular flexibility index (Phi) is 3.81. The summed E-state index contributed by atoms with van der Waals surface area (Å²) in [6.07, 6.45) is 1.80. The lowest BCUT2D eigenvalue weighted by atomic mass is 10.1. The highest BCUT2D eigenvalue weighted by molar-refractivity contribution is 7.15. The molecule has 8 heteroatoms. The summed E-state index contributed by atoms with van der Waals surface area (Å²) in [6.45, 7) is 2.00. The molecule has 2 aromatic heterocycles. The molecular formula is C18H12N4O3S. The summed E-state index contributed by atoms with van der Waals surface area (Å²) in [5.41, 5.74) is 2.27. The summed E-state index contributed by atoms with van der Waals surface area (Å²) in [5, 5.41) is 15.1. The number of hydrogen-bond donors (Lipinski definition) is 0. The number of nitro benzene ring substituents is 1. The number of thiazole rings is 1. The first-order chi connectivity index (χ1) is 12.5. The smallest absolute Gasteiger partial charge is 0.266 e. The van der Waals surface area contributed by atoms with Gasteiger partial charge in [0.15, 0.2) is 5.82 Å². The van der Waals surface area contributed by atoms with Crippen molar-refractivity contribution in [2.24, 2.45) is 0 Å². The van der Waals surface area contributed by atoms with E-state index in [0.29, 0.717) is 20.9 Å². The number of benzene rings is 2. The third-order valence-electron chi connectivity index (χ3n) is 3.87. The third kappa shape index (κ3) is 2.86. The van der Waals surface area contributed by atoms with E-state index in [2.05, 4.69) is 10.1 Å². The standard InChI is InChI=1S/C18H12N4O3S/c1-11-5-7-12(8-6-11)9-15-17(23)21-18(26-15)19-16(20-21)13-3-2-4-14(10-13)22(24)25/h2-10H,1H3/b15-9+. The quantitative estimate of drug-likeness (QED) is 0.412. The van der Waals surface area contributed by atoms with Gasteiger partial charge in [-0.2, -0.15) is 9.50 Å². The molecule has 0 aliphatic carbocycles. The minimum absolute atomic E-state index is 0.0450. The molecule has 0 amide bonds. The van der Waals surface area contributed by atoms with Gasteiger partial charge in [0.2, 0.25) is 4.96 Å². The van der Waals surface area contributed by atoms with Crippen LogP contribution < -0.4 is 10.1 Å². The summed E-state index contributed by atoms with van der Waals surface area (Å²) < 4.78 is 1.77. The van der Waals surface area contributed by atoms with Crippen molar-refractivity contribution >= 4 is 28.1 Å². The Balaban J connectivity index is 1.79. The van der Waals surface area contributed by atoms with Crippen molar-refractivity contribution in [3.05, 3.63) is 84.7 Å². The molecule has 4 rings (SSSR count). The number of aromatic nitrogens is 3. The lowest BCUT2D eigenvalue weighted by molar-refractivity contribution is -0.384. The van der Waals surface area contributed by atoms with Gasteiger partial charge in [0, 0.05) is 17.7 Å². The maximum absolute atomic E-state index is 12.6. The molecule has 128 valence electrons. The zero-order valence-electron chi connectivity index (χ0n) is 13.6. The van der Waals surface area contributed by atoms with Crippen molar-refractivity contribution in [1.29, 1.82) is 0 Å². The maximum atomic E-state index is 12.6. The Bertz CT molecular complexity index is 1240. The largest absolute Gasteiger partial charge is 0.291 e. The second-order valence-corrected chi connectivity index (χ2v) is 6.77. The van der Waals surface area contributed by atoms with E-state index < -0.39 is 4.92 Å². The fourth-order valence-corrected chi connectivity index (χ4v) is 3.44. The van der Waals surface area contributed by atoms with E-state index >= 15 is 0 Å². The van der Waals surface area contributed by atoms with Gasteiger partial charge in [-0.25, -0.2) is 0 Å². The number of hydrogen-bond acceptors (Lipinski definition) is 6. The molecular weight excluding hydrogens is 352 g/mol. The van der Waals surface area contributed by atoms with Crippen LogP contribution in [0.3, 0.4) is 0 Å². The van der Waals surface area contributed by atoms with Crippen LogP contribution in [-0.4, -0.2) is 19.5 Å². The summed E-state index contributed by atoms with van der Waals surface area (Å²) >= 11 is 1.24. The number of nitro groups is 1. The molecule has 0 aliphatic rings. The zero-order chi connectivity index (χ0) is 18.3. The van der Waals surface area contributed by atoms with Crippen LogP contribution in [0.25, 0.3) is 22.4 Å². The first kappa shape index (κ1) is 16.1. The maximum Gasteiger partial charge on any atom is 0.291 e. The molecule has 0 bridgehead atoms. The molecule has 0 fully saturated rings. The van der Waals surface area contributed by atoms with E-state index in [-0.39, 0.29) is 11.2 Å². The van der Waals surface area contributed by atoms with Crippen LogP contribution in [0.4, 0.5) is 5.69 Å². The van der Waals surface area contributed by atoms with Crippen molar-refractivity contribution in [1.82, 2.24) is 14.6 Å². The lowest BCUT2D eigenvalue weighted by Crippen LogP contribution is -2.23. The normalized spacial score (nSPS) is 12.0. The van der Waals surface area contributed by atoms with E-state index in [0.717, 1.165) is 11.1 Å². The van der Waals surface area contributed by atoms with Gasteiger partial charge in [0.25, 0.3) is 11.2 Å². The molecule has 4 aromatic rings. The zero-order valence-corrected chi connectivity index (χ0v) is 14.4. The molecule has 0 unspecified atom stereocenters. The number of fused-ring (bicyclic) bond motifs is 1. The molecule has 0 N–H and O–H groups in total. The molecule has 0 saturated carbocycles. The summed E-state index contributed by atoms with van der Waals surface area (Å²) in [5.74, 6) is 0.291. The predicted octanol–water partition coefficient (Wildman–Crippen LogP) is 2.58. The lowest BCUT2D eigenvalue weighted by Gasteiger charge is -1.95. The topological polar surface area (TPSA) is 90.4 Å². The predicted molar refractivity (Wildman–Crippen MR) is 99.2 cm³/mol. The van der Waals surface area contributed by atoms with Gasteiger partial charge < -0.3 is 0 Å². The third-order valence-corrected chi connectivity index (χ3v) is 4.83. The number of rotatable bonds is 3. The van der Waals surface area contributed by atoms with Crippen molar-refractivity contribution in [3.8, 4) is 11.4 Å². The van der Waals surface area contributed by atoms with Crippen LogP contribution in [0, 0.1) is 17.0 Å². The van der Waals surface area contributed by atoms with E-state index in [4.69, 9.17) is 0 Å². The van der Waals surface area contributed by atoms with Gasteiger partial charge in [-0.05, 0) is 18.6 Å². The fourth-order valence-electron chi connectivity index (χ4n) is 2.53. The van der Waals surface area contributed by atoms with E-state index in [1.807, 2.05) is 31.2 Å². The van der Waals surface area contributed by atoms with Gasteiger partial charge in [-0.1, -0.05) is 53.3 Å². The monoisotopic (exact) mass is 364 g/mol. The number of non-ortho nitro benzene ring substituents is 1. The van der Waals surface area contributed by atoms with Crippen LogP contribution in [-0.2, 0) is 0 Å². The van der Waals surface area contributed by atoms with Crippen molar-refractivity contribution in [2.75, 3.05) is 0 Å². The van der Waals surface area contributed by atoms with Crippen LogP contribution in [0.5, 0.6) is 0 Å². The second-order valence-electron chi connectivity index (χ2n) is 5.76. The van der Waals surface area contributed by atoms with Gasteiger partial charge in [-0.3, -0.25) is 14.9 Å². The van der Waals surface area contributed by atoms with Crippen LogP contribution in [0.15, 0.2) is 53.3 Å². The molecule has 26 heavy (non-hydrogen) atoms. The van der Waals surface area contributed by atoms with Crippen molar-refractivity contribution in [2.45, 2.75) is 6.92 Å². The second kappa shape index (κ2) is 6.16. The van der Waals surface area contributed by atoms with Crippen LogP contribution in [0.1, 0.15) is 11.1 Å². The van der Waals surface area contributed by atoms with Crippen molar-refractivity contribution in [3.63, 3.8) is 0 Å². The highest BCUT2D eigenvalue weighted by Crippen LogP contribution is 2.21. The Morgan fingerprint density at radius 1 is 1.19 bits per heavy atom. The molecule has 7 nitrogen and oxygen atoms in total. The Labute approximate surface area is 151 Å². The number of aryl methyl sites for hydroxylation is 1. The van der Waals surface area contributed by atoms with Crippen LogP contribution >= 0.6 is 11.3 Å². The van der Waals surface area contributed by atoms with Crippen molar-refractivity contribution < 1.29 is 4.92 Å². The molecule has 2 heterocycles. The molecule has 0 radical (unpaired) electrons. The molecule has 0 atom stereocenters. The van der Waals surface area contributed by atoms with Gasteiger partial charge in [-0.15, -0.1) is 5.10 Å². The summed E-state index contributed by atoms with van der Waals surface area (Å²) in [6, 6.07) is 13.9. The molecule has 0 spiro atoms. The highest BCUT2D eigenvalue weighted by Gasteiger charge is 2.14. The SMILES string of the molecule is Cc1ccc(/C=c2/sc3nc(-c4cccc([N+](=O)[O-])c4)nn3c2=O)cc1. The van der Waals surface area contributed by atoms with Crippen LogP contribution in [0.2, 0.25) is 0 Å². The number of nitrogens with zero attached hydrogens (tertiary/aromatic N) is 4. The molecule has 2 aromatic carbocycles. The van der Waals surface area contributed by atoms with E-state index in [1.165, 1.54) is 28.0 Å². The first-order valence-corrected chi connectivity index (χ1v) is 8.56. The Morgan fingerprint density at radius 2 is 1.96 bits per heavy atom. The summed E-state index contributed by atoms with van der Waals surface area (Å²) in [4.78, 5) is 27.8. The average Bonchev–Trinajstić information content (AvgIpc) is 3.17.